The summed E-state index contributed by atoms with van der Waals surface area (Å²) in [6.07, 6.45) is 2.09. The molecule has 2 heterocycles. The summed E-state index contributed by atoms with van der Waals surface area (Å²) in [5.41, 5.74) is 3.97. The van der Waals surface area contributed by atoms with Crippen LogP contribution in [-0.4, -0.2) is 27.4 Å². The second-order valence-corrected chi connectivity index (χ2v) is 5.47. The van der Waals surface area contributed by atoms with Gasteiger partial charge in [-0.1, -0.05) is 30.2 Å². The fraction of sp³-hybridized carbons (Fsp3) is 0.467. The van der Waals surface area contributed by atoms with Crippen LogP contribution in [0.1, 0.15) is 32.0 Å². The molecule has 1 N–H and O–H groups in total. The second kappa shape index (κ2) is 5.94. The van der Waals surface area contributed by atoms with Gasteiger partial charge in [-0.3, -0.25) is 4.68 Å². The molecule has 20 heavy (non-hydrogen) atoms. The molecular formula is C15H21ClN4. The van der Waals surface area contributed by atoms with Gasteiger partial charge in [0.15, 0.2) is 5.65 Å². The molecule has 0 aliphatic rings. The summed E-state index contributed by atoms with van der Waals surface area (Å²) in [6.45, 7) is 9.27. The van der Waals surface area contributed by atoms with Crippen LogP contribution in [0.3, 0.4) is 0 Å². The van der Waals surface area contributed by atoms with Crippen LogP contribution in [0.4, 0.5) is 0 Å². The van der Waals surface area contributed by atoms with Gasteiger partial charge in [-0.2, -0.15) is 5.10 Å². The molecule has 2 aromatic heterocycles. The summed E-state index contributed by atoms with van der Waals surface area (Å²) in [5, 5.41) is 9.33. The van der Waals surface area contributed by atoms with E-state index < -0.39 is 0 Å². The minimum absolute atomic E-state index is 0.321. The molecule has 108 valence electrons. The molecule has 0 aliphatic heterocycles. The highest BCUT2D eigenvalue weighted by Gasteiger charge is 2.11. The third kappa shape index (κ3) is 2.86. The zero-order valence-electron chi connectivity index (χ0n) is 12.7. The highest BCUT2D eigenvalue weighted by atomic mass is 35.5. The van der Waals surface area contributed by atoms with Crippen molar-refractivity contribution in [3.05, 3.63) is 28.0 Å². The van der Waals surface area contributed by atoms with Gasteiger partial charge in [-0.15, -0.1) is 0 Å². The topological polar surface area (TPSA) is 42.7 Å². The van der Waals surface area contributed by atoms with E-state index in [1.54, 1.807) is 4.68 Å². The van der Waals surface area contributed by atoms with Gasteiger partial charge in [-0.05, 0) is 33.4 Å². The molecule has 1 atom stereocenters. The fourth-order valence-electron chi connectivity index (χ4n) is 2.28. The zero-order chi connectivity index (χ0) is 14.9. The van der Waals surface area contributed by atoms with Crippen LogP contribution >= 0.6 is 11.6 Å². The number of nitrogens with zero attached hydrogens (tertiary/aromatic N) is 3. The van der Waals surface area contributed by atoms with Crippen LogP contribution in [0.2, 0.25) is 5.15 Å². The molecule has 0 radical (unpaired) electrons. The highest BCUT2D eigenvalue weighted by Crippen LogP contribution is 2.24. The van der Waals surface area contributed by atoms with Crippen molar-refractivity contribution in [2.45, 2.75) is 33.7 Å². The summed E-state index contributed by atoms with van der Waals surface area (Å²) >= 11 is 6.29. The third-order valence-corrected chi connectivity index (χ3v) is 3.86. The van der Waals surface area contributed by atoms with Gasteiger partial charge in [0, 0.05) is 24.0 Å². The maximum Gasteiger partial charge on any atom is 0.159 e. The van der Waals surface area contributed by atoms with Crippen molar-refractivity contribution in [1.82, 2.24) is 20.1 Å². The summed E-state index contributed by atoms with van der Waals surface area (Å²) in [5.74, 6) is 0. The van der Waals surface area contributed by atoms with E-state index in [1.165, 1.54) is 5.57 Å². The average molecular weight is 293 g/mol. The van der Waals surface area contributed by atoms with Crippen LogP contribution in [0.5, 0.6) is 0 Å². The Hall–Kier alpha value is -1.39. The van der Waals surface area contributed by atoms with Gasteiger partial charge in [-0.25, -0.2) is 4.98 Å². The Morgan fingerprint density at radius 2 is 2.25 bits per heavy atom. The van der Waals surface area contributed by atoms with Crippen molar-refractivity contribution in [3.63, 3.8) is 0 Å². The first-order chi connectivity index (χ1) is 9.43. The predicted octanol–water partition coefficient (Wildman–Crippen LogP) is 3.33. The highest BCUT2D eigenvalue weighted by molar-refractivity contribution is 6.31. The SMILES string of the molecule is CCNC(C)/C(C)=C/c1cc2c(C)nn(C)c2nc1Cl. The molecule has 0 bridgehead atoms. The summed E-state index contributed by atoms with van der Waals surface area (Å²) in [4.78, 5) is 4.46. The van der Waals surface area contributed by atoms with Crippen LogP contribution in [0.15, 0.2) is 11.6 Å². The van der Waals surface area contributed by atoms with Gasteiger partial charge in [0.1, 0.15) is 5.15 Å². The number of likely N-dealkylation sites (N-methyl/N-ethyl adjacent to an activating group) is 1. The van der Waals surface area contributed by atoms with Crippen molar-refractivity contribution < 1.29 is 0 Å². The lowest BCUT2D eigenvalue weighted by Gasteiger charge is -2.13. The van der Waals surface area contributed by atoms with Crippen molar-refractivity contribution in [3.8, 4) is 0 Å². The van der Waals surface area contributed by atoms with Gasteiger partial charge in [0.05, 0.1) is 5.69 Å². The molecule has 0 aliphatic carbocycles. The van der Waals surface area contributed by atoms with Gasteiger partial charge in [0.25, 0.3) is 0 Å². The largest absolute Gasteiger partial charge is 0.311 e. The van der Waals surface area contributed by atoms with Gasteiger partial charge >= 0.3 is 0 Å². The number of aryl methyl sites for hydroxylation is 2. The first kappa shape index (κ1) is 15.0. The second-order valence-electron chi connectivity index (χ2n) is 5.12. The Kier molecular flexibility index (Phi) is 4.45. The third-order valence-electron chi connectivity index (χ3n) is 3.56. The predicted molar refractivity (Wildman–Crippen MR) is 85.0 cm³/mol. The standard InChI is InChI=1S/C15H21ClN4/c1-6-17-10(3)9(2)7-12-8-13-11(4)19-20(5)15(13)18-14(12)16/h7-8,10,17H,6H2,1-5H3/b9-7+. The van der Waals surface area contributed by atoms with E-state index in [2.05, 4.69) is 48.3 Å². The fourth-order valence-corrected chi connectivity index (χ4v) is 2.46. The smallest absolute Gasteiger partial charge is 0.159 e. The minimum atomic E-state index is 0.321. The lowest BCUT2D eigenvalue weighted by molar-refractivity contribution is 0.636. The molecule has 1 unspecified atom stereocenters. The number of aromatic nitrogens is 3. The molecule has 0 fully saturated rings. The number of halogens is 1. The van der Waals surface area contributed by atoms with E-state index >= 15 is 0 Å². The molecule has 2 aromatic rings. The molecule has 4 nitrogen and oxygen atoms in total. The Balaban J connectivity index is 2.47. The molecule has 0 aromatic carbocycles. The van der Waals surface area contributed by atoms with Gasteiger partial charge in [0.2, 0.25) is 0 Å². The van der Waals surface area contributed by atoms with Crippen LogP contribution < -0.4 is 5.32 Å². The van der Waals surface area contributed by atoms with Crippen LogP contribution in [-0.2, 0) is 7.05 Å². The Labute approximate surface area is 124 Å². The van der Waals surface area contributed by atoms with Crippen molar-refractivity contribution >= 4 is 28.7 Å². The van der Waals surface area contributed by atoms with Crippen molar-refractivity contribution in [2.24, 2.45) is 7.05 Å². The lowest BCUT2D eigenvalue weighted by Crippen LogP contribution is -2.26. The normalized spacial score (nSPS) is 14.0. The number of pyridine rings is 1. The molecular weight excluding hydrogens is 272 g/mol. The maximum absolute atomic E-state index is 6.29. The molecule has 2 rings (SSSR count). The van der Waals surface area contributed by atoms with E-state index in [4.69, 9.17) is 11.6 Å². The van der Waals surface area contributed by atoms with E-state index in [1.807, 2.05) is 14.0 Å². The summed E-state index contributed by atoms with van der Waals surface area (Å²) < 4.78 is 1.76. The van der Waals surface area contributed by atoms with Crippen molar-refractivity contribution in [1.29, 1.82) is 0 Å². The number of nitrogens with one attached hydrogen (secondary N) is 1. The number of rotatable bonds is 4. The monoisotopic (exact) mass is 292 g/mol. The molecule has 0 amide bonds. The van der Waals surface area contributed by atoms with Gasteiger partial charge < -0.3 is 5.32 Å². The Morgan fingerprint density at radius 1 is 1.55 bits per heavy atom. The number of hydrogen-bond donors (Lipinski definition) is 1. The lowest BCUT2D eigenvalue weighted by atomic mass is 10.1. The maximum atomic E-state index is 6.29. The zero-order valence-corrected chi connectivity index (χ0v) is 13.4. The molecule has 0 saturated heterocycles. The first-order valence-corrected chi connectivity index (χ1v) is 7.23. The number of fused-ring (bicyclic) bond motifs is 1. The average Bonchev–Trinajstić information content (AvgIpc) is 2.65. The molecule has 5 heteroatoms. The Bertz CT molecular complexity index is 657. The van der Waals surface area contributed by atoms with E-state index in [0.717, 1.165) is 28.8 Å². The first-order valence-electron chi connectivity index (χ1n) is 6.85. The molecule has 0 spiro atoms. The molecule has 0 saturated carbocycles. The van der Waals surface area contributed by atoms with Crippen LogP contribution in [0.25, 0.3) is 17.1 Å². The summed E-state index contributed by atoms with van der Waals surface area (Å²) in [6, 6.07) is 2.39. The van der Waals surface area contributed by atoms with E-state index in [0.29, 0.717) is 11.2 Å². The van der Waals surface area contributed by atoms with Crippen molar-refractivity contribution in [2.75, 3.05) is 6.54 Å². The quantitative estimate of drug-likeness (QED) is 0.879. The Morgan fingerprint density at radius 3 is 2.90 bits per heavy atom. The van der Waals surface area contributed by atoms with E-state index in [9.17, 15) is 0 Å². The summed E-state index contributed by atoms with van der Waals surface area (Å²) in [7, 11) is 1.88. The number of hydrogen-bond acceptors (Lipinski definition) is 3. The van der Waals surface area contributed by atoms with E-state index in [-0.39, 0.29) is 0 Å². The van der Waals surface area contributed by atoms with Crippen LogP contribution in [0, 0.1) is 6.92 Å². The minimum Gasteiger partial charge on any atom is -0.311 e.